The number of hydrogen-bond donors (Lipinski definition) is 2. The third kappa shape index (κ3) is 6.37. The van der Waals surface area contributed by atoms with Gasteiger partial charge in [0.25, 0.3) is 5.91 Å². The van der Waals surface area contributed by atoms with Gasteiger partial charge < -0.3 is 10.6 Å². The molecule has 7 nitrogen and oxygen atoms in total. The van der Waals surface area contributed by atoms with Gasteiger partial charge in [-0.25, -0.2) is 0 Å². The summed E-state index contributed by atoms with van der Waals surface area (Å²) in [7, 11) is 0. The molecule has 1 aliphatic heterocycles. The molecule has 0 fully saturated rings. The minimum Gasteiger partial charge on any atom is -0.353 e. The fourth-order valence-electron chi connectivity index (χ4n) is 2.43. The summed E-state index contributed by atoms with van der Waals surface area (Å²) in [4.78, 5) is 35.2. The smallest absolute Gasteiger partial charge is 0.255 e. The normalized spacial score (nSPS) is 13.3. The molecule has 0 aliphatic carbocycles. The molecule has 0 radical (unpaired) electrons. The third-order valence-corrected chi connectivity index (χ3v) is 4.32. The molecule has 1 aromatic rings. The Morgan fingerprint density at radius 2 is 2.04 bits per heavy atom. The fourth-order valence-corrected chi connectivity index (χ4v) is 2.79. The number of halogens is 2. The summed E-state index contributed by atoms with van der Waals surface area (Å²) in [5, 5.41) is 11.4. The summed E-state index contributed by atoms with van der Waals surface area (Å²) in [6.07, 6.45) is 3.74. The first-order valence-electron chi connectivity index (χ1n) is 8.46. The maximum absolute atomic E-state index is 12.2. The first kappa shape index (κ1) is 20.9. The molecule has 3 amide bonds. The number of nitrogens with zero attached hydrogens (tertiary/aromatic N) is 2. The molecule has 1 aliphatic rings. The summed E-state index contributed by atoms with van der Waals surface area (Å²) < 4.78 is 0. The van der Waals surface area contributed by atoms with Gasteiger partial charge in [0.2, 0.25) is 11.8 Å². The summed E-state index contributed by atoms with van der Waals surface area (Å²) >= 11 is 12.0. The topological polar surface area (TPSA) is 90.9 Å². The SMILES string of the molecule is C=CC(=O)NCCCCCC(=O)NC1=NN(c2cc(Cl)ccc2Cl)C(=O)C1. The largest absolute Gasteiger partial charge is 0.353 e. The number of benzene rings is 1. The van der Waals surface area contributed by atoms with Crippen LogP contribution >= 0.6 is 23.2 Å². The van der Waals surface area contributed by atoms with Crippen molar-refractivity contribution in [2.75, 3.05) is 11.6 Å². The van der Waals surface area contributed by atoms with Crippen LogP contribution in [0.3, 0.4) is 0 Å². The summed E-state index contributed by atoms with van der Waals surface area (Å²) in [6.45, 7) is 3.91. The lowest BCUT2D eigenvalue weighted by molar-refractivity contribution is -0.120. The average molecular weight is 411 g/mol. The van der Waals surface area contributed by atoms with Crippen molar-refractivity contribution in [1.82, 2.24) is 10.6 Å². The van der Waals surface area contributed by atoms with Crippen molar-refractivity contribution >= 4 is 52.4 Å². The van der Waals surface area contributed by atoms with E-state index in [2.05, 4.69) is 22.3 Å². The van der Waals surface area contributed by atoms with Crippen LogP contribution in [0.25, 0.3) is 0 Å². The molecule has 144 valence electrons. The van der Waals surface area contributed by atoms with Gasteiger partial charge in [-0.05, 0) is 37.1 Å². The second-order valence-corrected chi connectivity index (χ2v) is 6.72. The highest BCUT2D eigenvalue weighted by molar-refractivity contribution is 6.36. The molecule has 27 heavy (non-hydrogen) atoms. The van der Waals surface area contributed by atoms with Crippen LogP contribution in [0.1, 0.15) is 32.1 Å². The Morgan fingerprint density at radius 1 is 1.26 bits per heavy atom. The van der Waals surface area contributed by atoms with Gasteiger partial charge in [0.05, 0.1) is 17.1 Å². The van der Waals surface area contributed by atoms with Crippen molar-refractivity contribution in [3.05, 3.63) is 40.9 Å². The number of carbonyl (C=O) groups is 3. The van der Waals surface area contributed by atoms with Crippen molar-refractivity contribution in [1.29, 1.82) is 0 Å². The van der Waals surface area contributed by atoms with Crippen LogP contribution in [0.2, 0.25) is 10.0 Å². The first-order chi connectivity index (χ1) is 12.9. The Hall–Kier alpha value is -2.38. The molecule has 0 unspecified atom stereocenters. The lowest BCUT2D eigenvalue weighted by Crippen LogP contribution is -2.29. The van der Waals surface area contributed by atoms with Crippen molar-refractivity contribution in [3.8, 4) is 0 Å². The van der Waals surface area contributed by atoms with Gasteiger partial charge >= 0.3 is 0 Å². The van der Waals surface area contributed by atoms with E-state index in [-0.39, 0.29) is 30.0 Å². The number of rotatable bonds is 8. The Balaban J connectivity index is 1.79. The van der Waals surface area contributed by atoms with E-state index in [0.717, 1.165) is 17.9 Å². The standard InChI is InChI=1S/C18H20Cl2N4O3/c1-2-16(25)21-9-5-3-4-6-17(26)22-15-11-18(27)24(23-15)14-10-12(19)7-8-13(14)20/h2,7-8,10H,1,3-6,9,11H2,(H,21,25)(H,22,23,26). The van der Waals surface area contributed by atoms with Crippen LogP contribution in [-0.4, -0.2) is 30.1 Å². The second kappa shape index (κ2) is 10.1. The molecule has 1 heterocycles. The van der Waals surface area contributed by atoms with Crippen LogP contribution in [0, 0.1) is 0 Å². The van der Waals surface area contributed by atoms with E-state index in [1.54, 1.807) is 18.2 Å². The zero-order valence-corrected chi connectivity index (χ0v) is 16.1. The minimum absolute atomic E-state index is 0.0117. The molecule has 9 heteroatoms. The van der Waals surface area contributed by atoms with Crippen LogP contribution < -0.4 is 15.6 Å². The zero-order valence-electron chi connectivity index (χ0n) is 14.6. The predicted octanol–water partition coefficient (Wildman–Crippen LogP) is 3.02. The lowest BCUT2D eigenvalue weighted by atomic mass is 10.2. The van der Waals surface area contributed by atoms with Gasteiger partial charge in [-0.2, -0.15) is 10.1 Å². The molecule has 0 saturated carbocycles. The van der Waals surface area contributed by atoms with Gasteiger partial charge in [-0.1, -0.05) is 36.2 Å². The molecular weight excluding hydrogens is 391 g/mol. The van der Waals surface area contributed by atoms with Crippen molar-refractivity contribution in [2.24, 2.45) is 5.10 Å². The Morgan fingerprint density at radius 3 is 2.78 bits per heavy atom. The highest BCUT2D eigenvalue weighted by atomic mass is 35.5. The van der Waals surface area contributed by atoms with E-state index in [4.69, 9.17) is 23.2 Å². The van der Waals surface area contributed by atoms with E-state index in [9.17, 15) is 14.4 Å². The number of amides is 3. The maximum Gasteiger partial charge on any atom is 0.255 e. The van der Waals surface area contributed by atoms with Gasteiger partial charge in [-0.3, -0.25) is 14.4 Å². The zero-order chi connectivity index (χ0) is 19.8. The number of carbonyl (C=O) groups excluding carboxylic acids is 3. The molecule has 0 bridgehead atoms. The molecule has 2 rings (SSSR count). The van der Waals surface area contributed by atoms with Crippen molar-refractivity contribution in [3.63, 3.8) is 0 Å². The number of amidine groups is 1. The fraction of sp³-hybridized carbons (Fsp3) is 0.333. The number of unbranched alkanes of at least 4 members (excludes halogenated alkanes) is 2. The van der Waals surface area contributed by atoms with Gasteiger partial charge in [0, 0.05) is 18.0 Å². The number of hydrogen-bond acceptors (Lipinski definition) is 4. The number of anilines is 1. The van der Waals surface area contributed by atoms with E-state index in [1.807, 2.05) is 0 Å². The molecule has 0 saturated heterocycles. The van der Waals surface area contributed by atoms with Crippen LogP contribution in [-0.2, 0) is 14.4 Å². The van der Waals surface area contributed by atoms with Crippen LogP contribution in [0.5, 0.6) is 0 Å². The van der Waals surface area contributed by atoms with E-state index >= 15 is 0 Å². The molecule has 0 atom stereocenters. The minimum atomic E-state index is -0.299. The monoisotopic (exact) mass is 410 g/mol. The predicted molar refractivity (Wildman–Crippen MR) is 106 cm³/mol. The van der Waals surface area contributed by atoms with E-state index < -0.39 is 0 Å². The summed E-state index contributed by atoms with van der Waals surface area (Å²) in [6, 6.07) is 4.74. The number of nitrogens with one attached hydrogen (secondary N) is 2. The maximum atomic E-state index is 12.2. The highest BCUT2D eigenvalue weighted by Gasteiger charge is 2.27. The summed E-state index contributed by atoms with van der Waals surface area (Å²) in [5.41, 5.74) is 0.375. The van der Waals surface area contributed by atoms with E-state index in [1.165, 1.54) is 6.08 Å². The van der Waals surface area contributed by atoms with Gasteiger partial charge in [0.15, 0.2) is 0 Å². The van der Waals surface area contributed by atoms with E-state index in [0.29, 0.717) is 35.1 Å². The van der Waals surface area contributed by atoms with Gasteiger partial charge in [-0.15, -0.1) is 0 Å². The Kier molecular flexibility index (Phi) is 7.82. The molecular formula is C18H20Cl2N4O3. The van der Waals surface area contributed by atoms with Crippen molar-refractivity contribution < 1.29 is 14.4 Å². The quantitative estimate of drug-likeness (QED) is 0.509. The second-order valence-electron chi connectivity index (χ2n) is 5.88. The first-order valence-corrected chi connectivity index (χ1v) is 9.22. The Bertz CT molecular complexity index is 780. The van der Waals surface area contributed by atoms with Crippen LogP contribution in [0.15, 0.2) is 36.0 Å². The van der Waals surface area contributed by atoms with Crippen LogP contribution in [0.4, 0.5) is 5.69 Å². The molecule has 2 N–H and O–H groups in total. The van der Waals surface area contributed by atoms with Gasteiger partial charge in [0.1, 0.15) is 5.84 Å². The average Bonchev–Trinajstić information content (AvgIpc) is 2.99. The lowest BCUT2D eigenvalue weighted by Gasteiger charge is -2.13. The summed E-state index contributed by atoms with van der Waals surface area (Å²) in [5.74, 6) is -0.441. The molecule has 0 aromatic heterocycles. The number of hydrazone groups is 1. The third-order valence-electron chi connectivity index (χ3n) is 3.76. The molecule has 1 aromatic carbocycles. The van der Waals surface area contributed by atoms with Crippen molar-refractivity contribution in [2.45, 2.75) is 32.1 Å². The highest BCUT2D eigenvalue weighted by Crippen LogP contribution is 2.31. The Labute approximate surface area is 167 Å². The molecule has 0 spiro atoms.